The van der Waals surface area contributed by atoms with E-state index in [1.165, 1.54) is 12.4 Å². The molecule has 0 saturated heterocycles. The van der Waals surface area contributed by atoms with Crippen LogP contribution in [0.3, 0.4) is 0 Å². The average molecular weight is 207 g/mol. The lowest BCUT2D eigenvalue weighted by molar-refractivity contribution is 0.592. The molecule has 0 aliphatic carbocycles. The minimum Gasteiger partial charge on any atom is -0.227 e. The van der Waals surface area contributed by atoms with E-state index in [0.29, 0.717) is 5.56 Å². The number of hydrogen-bond donors (Lipinski definition) is 0. The van der Waals surface area contributed by atoms with Gasteiger partial charge in [0.1, 0.15) is 0 Å². The highest BCUT2D eigenvalue weighted by Gasteiger charge is 2.09. The standard InChI is InChI=1S/C6H7ClN2O2S/c1-12(10,11)6-8-3-5(2-7)4-9-6/h3-4H,2H2,1H3. The summed E-state index contributed by atoms with van der Waals surface area (Å²) in [6, 6.07) is 0. The second kappa shape index (κ2) is 3.37. The van der Waals surface area contributed by atoms with Crippen LogP contribution in [0.5, 0.6) is 0 Å². The molecule has 66 valence electrons. The van der Waals surface area contributed by atoms with Gasteiger partial charge in [0.2, 0.25) is 15.0 Å². The average Bonchev–Trinajstić information content (AvgIpc) is 2.03. The molecule has 0 radical (unpaired) electrons. The molecule has 0 saturated carbocycles. The normalized spacial score (nSPS) is 11.5. The van der Waals surface area contributed by atoms with Gasteiger partial charge in [-0.15, -0.1) is 11.6 Å². The van der Waals surface area contributed by atoms with Crippen molar-refractivity contribution in [3.8, 4) is 0 Å². The van der Waals surface area contributed by atoms with Crippen LogP contribution in [0.25, 0.3) is 0 Å². The quantitative estimate of drug-likeness (QED) is 0.526. The summed E-state index contributed by atoms with van der Waals surface area (Å²) in [5.41, 5.74) is 0.698. The van der Waals surface area contributed by atoms with Gasteiger partial charge in [-0.1, -0.05) is 0 Å². The molecule has 0 aliphatic rings. The van der Waals surface area contributed by atoms with Crippen molar-refractivity contribution in [2.24, 2.45) is 0 Å². The Bertz CT molecular complexity index is 360. The topological polar surface area (TPSA) is 59.9 Å². The van der Waals surface area contributed by atoms with E-state index in [0.717, 1.165) is 6.26 Å². The Kier molecular flexibility index (Phi) is 2.64. The predicted molar refractivity (Wildman–Crippen MR) is 44.7 cm³/mol. The Morgan fingerprint density at radius 1 is 1.42 bits per heavy atom. The summed E-state index contributed by atoms with van der Waals surface area (Å²) in [6.07, 6.45) is 3.86. The molecule has 0 atom stereocenters. The second-order valence-electron chi connectivity index (χ2n) is 2.28. The van der Waals surface area contributed by atoms with Gasteiger partial charge in [0.05, 0.1) is 5.88 Å². The molecule has 1 aromatic rings. The number of hydrogen-bond acceptors (Lipinski definition) is 4. The molecule has 1 heterocycles. The summed E-state index contributed by atoms with van der Waals surface area (Å²) in [6.45, 7) is 0. The van der Waals surface area contributed by atoms with Crippen LogP contribution >= 0.6 is 11.6 Å². The third kappa shape index (κ3) is 2.15. The minimum absolute atomic E-state index is 0.170. The molecule has 0 N–H and O–H groups in total. The molecule has 0 unspecified atom stereocenters. The van der Waals surface area contributed by atoms with Crippen molar-refractivity contribution in [1.82, 2.24) is 9.97 Å². The zero-order chi connectivity index (χ0) is 9.19. The van der Waals surface area contributed by atoms with Gasteiger partial charge >= 0.3 is 0 Å². The lowest BCUT2D eigenvalue weighted by Crippen LogP contribution is -2.03. The van der Waals surface area contributed by atoms with E-state index >= 15 is 0 Å². The number of alkyl halides is 1. The number of aromatic nitrogens is 2. The molecule has 0 aromatic carbocycles. The summed E-state index contributed by atoms with van der Waals surface area (Å²) in [7, 11) is -3.29. The van der Waals surface area contributed by atoms with Crippen molar-refractivity contribution < 1.29 is 8.42 Å². The van der Waals surface area contributed by atoms with Gasteiger partial charge in [-0.05, 0) is 0 Å². The van der Waals surface area contributed by atoms with Crippen molar-refractivity contribution in [2.75, 3.05) is 6.26 Å². The van der Waals surface area contributed by atoms with Crippen LogP contribution in [0.15, 0.2) is 17.6 Å². The number of nitrogens with zero attached hydrogens (tertiary/aromatic N) is 2. The van der Waals surface area contributed by atoms with Gasteiger partial charge in [-0.25, -0.2) is 18.4 Å². The van der Waals surface area contributed by atoms with Crippen LogP contribution in [0.2, 0.25) is 0 Å². The van der Waals surface area contributed by atoms with Gasteiger partial charge in [0.25, 0.3) is 0 Å². The van der Waals surface area contributed by atoms with Crippen LogP contribution in [0.1, 0.15) is 5.56 Å². The Labute approximate surface area is 75.5 Å². The molecule has 6 heteroatoms. The van der Waals surface area contributed by atoms with E-state index in [1.54, 1.807) is 0 Å². The lowest BCUT2D eigenvalue weighted by atomic mass is 10.4. The molecule has 4 nitrogen and oxygen atoms in total. The largest absolute Gasteiger partial charge is 0.246 e. The van der Waals surface area contributed by atoms with Crippen LogP contribution < -0.4 is 0 Å². The van der Waals surface area contributed by atoms with E-state index < -0.39 is 9.84 Å². The van der Waals surface area contributed by atoms with E-state index in [4.69, 9.17) is 11.6 Å². The molecule has 1 aromatic heterocycles. The minimum atomic E-state index is -3.29. The first-order valence-electron chi connectivity index (χ1n) is 3.11. The van der Waals surface area contributed by atoms with Gasteiger partial charge in [0, 0.05) is 24.2 Å². The molecule has 0 aliphatic heterocycles. The zero-order valence-electron chi connectivity index (χ0n) is 6.36. The number of halogens is 1. The molecule has 0 amide bonds. The predicted octanol–water partition coefficient (Wildman–Crippen LogP) is 0.619. The maximum atomic E-state index is 10.9. The van der Waals surface area contributed by atoms with E-state index in [1.807, 2.05) is 0 Å². The fourth-order valence-corrected chi connectivity index (χ4v) is 1.23. The first-order chi connectivity index (χ1) is 5.54. The summed E-state index contributed by atoms with van der Waals surface area (Å²) in [5.74, 6) is 0.282. The lowest BCUT2D eigenvalue weighted by Gasteiger charge is -1.96. The first-order valence-corrected chi connectivity index (χ1v) is 5.53. The maximum absolute atomic E-state index is 10.9. The highest BCUT2D eigenvalue weighted by molar-refractivity contribution is 7.90. The van der Waals surface area contributed by atoms with Gasteiger partial charge in [0.15, 0.2) is 0 Å². The second-order valence-corrected chi connectivity index (χ2v) is 4.46. The summed E-state index contributed by atoms with van der Waals surface area (Å²) >= 11 is 5.46. The highest BCUT2D eigenvalue weighted by atomic mass is 35.5. The third-order valence-corrected chi connectivity index (χ3v) is 2.35. The first kappa shape index (κ1) is 9.41. The number of rotatable bonds is 2. The third-order valence-electron chi connectivity index (χ3n) is 1.17. The van der Waals surface area contributed by atoms with E-state index in [9.17, 15) is 8.42 Å². The van der Waals surface area contributed by atoms with Crippen molar-refractivity contribution in [2.45, 2.75) is 11.0 Å². The summed E-state index contributed by atoms with van der Waals surface area (Å²) in [5, 5.41) is -0.170. The Balaban J connectivity index is 3.09. The number of sulfone groups is 1. The molecule has 0 fully saturated rings. The Hall–Kier alpha value is -0.680. The molecule has 1 rings (SSSR count). The monoisotopic (exact) mass is 206 g/mol. The molecule has 12 heavy (non-hydrogen) atoms. The van der Waals surface area contributed by atoms with Crippen molar-refractivity contribution in [3.05, 3.63) is 18.0 Å². The molecule has 0 spiro atoms. The van der Waals surface area contributed by atoms with Crippen LogP contribution in [-0.4, -0.2) is 24.6 Å². The maximum Gasteiger partial charge on any atom is 0.246 e. The molecule has 0 bridgehead atoms. The summed E-state index contributed by atoms with van der Waals surface area (Å²) in [4.78, 5) is 7.27. The fraction of sp³-hybridized carbons (Fsp3) is 0.333. The van der Waals surface area contributed by atoms with Crippen molar-refractivity contribution in [3.63, 3.8) is 0 Å². The smallest absolute Gasteiger partial charge is 0.227 e. The van der Waals surface area contributed by atoms with Crippen LogP contribution in [0.4, 0.5) is 0 Å². The molecular formula is C6H7ClN2O2S. The van der Waals surface area contributed by atoms with Crippen molar-refractivity contribution in [1.29, 1.82) is 0 Å². The SMILES string of the molecule is CS(=O)(=O)c1ncc(CCl)cn1. The van der Waals surface area contributed by atoms with Gasteiger partial charge in [-0.2, -0.15) is 0 Å². The highest BCUT2D eigenvalue weighted by Crippen LogP contribution is 2.03. The summed E-state index contributed by atoms with van der Waals surface area (Å²) < 4.78 is 21.7. The van der Waals surface area contributed by atoms with Crippen LogP contribution in [-0.2, 0) is 15.7 Å². The Morgan fingerprint density at radius 3 is 2.25 bits per heavy atom. The zero-order valence-corrected chi connectivity index (χ0v) is 7.93. The molecular weight excluding hydrogens is 200 g/mol. The van der Waals surface area contributed by atoms with Gasteiger partial charge < -0.3 is 0 Å². The Morgan fingerprint density at radius 2 is 1.92 bits per heavy atom. The van der Waals surface area contributed by atoms with E-state index in [-0.39, 0.29) is 11.0 Å². The van der Waals surface area contributed by atoms with E-state index in [2.05, 4.69) is 9.97 Å². The van der Waals surface area contributed by atoms with Crippen molar-refractivity contribution >= 4 is 21.4 Å². The van der Waals surface area contributed by atoms with Crippen LogP contribution in [0, 0.1) is 0 Å². The fourth-order valence-electron chi connectivity index (χ4n) is 0.603. The van der Waals surface area contributed by atoms with Gasteiger partial charge in [-0.3, -0.25) is 0 Å².